The Hall–Kier alpha value is -3.55. The molecule has 4 aromatic rings. The van der Waals surface area contributed by atoms with Gasteiger partial charge in [-0.3, -0.25) is 9.78 Å². The van der Waals surface area contributed by atoms with Crippen LogP contribution in [0.25, 0.3) is 33.6 Å². The highest BCUT2D eigenvalue weighted by Gasteiger charge is 2.19. The van der Waals surface area contributed by atoms with Crippen LogP contribution in [-0.2, 0) is 0 Å². The Balaban J connectivity index is 1.82. The monoisotopic (exact) mass is 514 g/mol. The number of methoxy groups -OCH3 is 1. The average Bonchev–Trinajstić information content (AvgIpc) is 2.85. The summed E-state index contributed by atoms with van der Waals surface area (Å²) in [6, 6.07) is 15.1. The molecule has 0 saturated heterocycles. The van der Waals surface area contributed by atoms with Crippen LogP contribution in [0.4, 0.5) is 8.78 Å². The van der Waals surface area contributed by atoms with Crippen LogP contribution in [-0.4, -0.2) is 30.0 Å². The first kappa shape index (κ1) is 24.6. The second-order valence-corrected chi connectivity index (χ2v) is 8.22. The molecule has 0 spiro atoms. The van der Waals surface area contributed by atoms with Crippen LogP contribution in [0.2, 0.25) is 10.0 Å². The van der Waals surface area contributed by atoms with Crippen molar-refractivity contribution in [2.75, 3.05) is 7.11 Å². The molecule has 178 valence electrons. The molecule has 0 N–H and O–H groups in total. The van der Waals surface area contributed by atoms with Crippen molar-refractivity contribution in [1.82, 2.24) is 9.97 Å². The van der Waals surface area contributed by atoms with Crippen LogP contribution >= 0.6 is 23.2 Å². The zero-order chi connectivity index (χ0) is 25.1. The number of pyridine rings is 2. The maximum Gasteiger partial charge on any atom is 0.387 e. The van der Waals surface area contributed by atoms with Gasteiger partial charge in [-0.25, -0.2) is 4.98 Å². The molecule has 35 heavy (non-hydrogen) atoms. The van der Waals surface area contributed by atoms with E-state index in [0.29, 0.717) is 50.8 Å². The molecule has 0 fully saturated rings. The van der Waals surface area contributed by atoms with Crippen molar-refractivity contribution >= 4 is 29.5 Å². The van der Waals surface area contributed by atoms with Gasteiger partial charge >= 0.3 is 6.61 Å². The van der Waals surface area contributed by atoms with Crippen molar-refractivity contribution in [3.63, 3.8) is 0 Å². The van der Waals surface area contributed by atoms with E-state index in [1.54, 1.807) is 19.2 Å². The summed E-state index contributed by atoms with van der Waals surface area (Å²) in [6.45, 7) is -1.19. The number of carbonyl (C=O) groups excluding carboxylic acids is 1. The molecular formula is C26H18Cl2F2N2O3. The summed E-state index contributed by atoms with van der Waals surface area (Å²) < 4.78 is 35.5. The molecule has 0 amide bonds. The van der Waals surface area contributed by atoms with Crippen LogP contribution in [0.15, 0.2) is 60.8 Å². The first-order valence-electron chi connectivity index (χ1n) is 10.3. The summed E-state index contributed by atoms with van der Waals surface area (Å²) in [6.07, 6.45) is 1.97. The highest BCUT2D eigenvalue weighted by atomic mass is 35.5. The molecule has 0 saturated carbocycles. The maximum absolute atomic E-state index is 12.8. The summed E-state index contributed by atoms with van der Waals surface area (Å²) in [5.74, 6) is 0.226. The normalized spacial score (nSPS) is 10.9. The standard InChI is InChI=1S/C26H18Cl2F2N2O3/c1-14-6-9-20(32-25(14)34-2)19-5-3-4-17(22(19)27)18-10-11-31-24(23(18)28)15-7-8-16(13-33)21(12-15)35-26(29)30/h3-13,26H,1-2H3. The van der Waals surface area contributed by atoms with E-state index in [1.807, 2.05) is 37.3 Å². The van der Waals surface area contributed by atoms with E-state index in [0.717, 1.165) is 5.56 Å². The van der Waals surface area contributed by atoms with Crippen molar-refractivity contribution in [2.24, 2.45) is 0 Å². The van der Waals surface area contributed by atoms with Gasteiger partial charge in [-0.1, -0.05) is 53.5 Å². The number of alkyl halides is 2. The fourth-order valence-corrected chi connectivity index (χ4v) is 4.28. The number of benzene rings is 2. The number of ether oxygens (including phenoxy) is 2. The lowest BCUT2D eigenvalue weighted by atomic mass is 9.99. The number of rotatable bonds is 7. The van der Waals surface area contributed by atoms with E-state index >= 15 is 0 Å². The van der Waals surface area contributed by atoms with Crippen LogP contribution in [0.5, 0.6) is 11.6 Å². The van der Waals surface area contributed by atoms with E-state index in [4.69, 9.17) is 27.9 Å². The highest BCUT2D eigenvalue weighted by Crippen LogP contribution is 2.42. The van der Waals surface area contributed by atoms with Gasteiger partial charge in [0.1, 0.15) is 5.75 Å². The minimum Gasteiger partial charge on any atom is -0.481 e. The van der Waals surface area contributed by atoms with Gasteiger partial charge in [-0.15, -0.1) is 0 Å². The number of aryl methyl sites for hydroxylation is 1. The Morgan fingerprint density at radius 3 is 2.43 bits per heavy atom. The van der Waals surface area contributed by atoms with Gasteiger partial charge in [0, 0.05) is 34.0 Å². The van der Waals surface area contributed by atoms with Gasteiger partial charge in [0.15, 0.2) is 6.29 Å². The first-order chi connectivity index (χ1) is 16.8. The molecule has 4 rings (SSSR count). The van der Waals surface area contributed by atoms with E-state index < -0.39 is 6.61 Å². The van der Waals surface area contributed by atoms with Crippen molar-refractivity contribution in [2.45, 2.75) is 13.5 Å². The fraction of sp³-hybridized carbons (Fsp3) is 0.115. The number of nitrogens with zero attached hydrogens (tertiary/aromatic N) is 2. The largest absolute Gasteiger partial charge is 0.481 e. The molecule has 2 aromatic carbocycles. The molecule has 0 atom stereocenters. The summed E-state index contributed by atoms with van der Waals surface area (Å²) in [4.78, 5) is 20.1. The summed E-state index contributed by atoms with van der Waals surface area (Å²) in [7, 11) is 1.55. The molecule has 2 aromatic heterocycles. The van der Waals surface area contributed by atoms with Crippen molar-refractivity contribution in [3.8, 4) is 45.3 Å². The number of aromatic nitrogens is 2. The Labute approximate surface area is 210 Å². The molecular weight excluding hydrogens is 497 g/mol. The minimum absolute atomic E-state index is 0.0156. The van der Waals surface area contributed by atoms with Gasteiger partial charge in [0.25, 0.3) is 0 Å². The quantitative estimate of drug-likeness (QED) is 0.238. The van der Waals surface area contributed by atoms with Crippen molar-refractivity contribution in [3.05, 3.63) is 82.0 Å². The summed E-state index contributed by atoms with van der Waals surface area (Å²) >= 11 is 13.5. The fourth-order valence-electron chi connectivity index (χ4n) is 3.63. The Morgan fingerprint density at radius 1 is 0.971 bits per heavy atom. The van der Waals surface area contributed by atoms with E-state index in [-0.39, 0.29) is 16.3 Å². The SMILES string of the molecule is COc1nc(-c2cccc(-c3ccnc(-c4ccc(C=O)c(OC(F)F)c4)c3Cl)c2Cl)ccc1C. The lowest BCUT2D eigenvalue weighted by Gasteiger charge is -2.14. The zero-order valence-electron chi connectivity index (χ0n) is 18.6. The topological polar surface area (TPSA) is 61.3 Å². The first-order valence-corrected chi connectivity index (χ1v) is 11.1. The zero-order valence-corrected chi connectivity index (χ0v) is 20.1. The van der Waals surface area contributed by atoms with Crippen molar-refractivity contribution < 1.29 is 23.0 Å². The van der Waals surface area contributed by atoms with Gasteiger partial charge in [-0.05, 0) is 31.2 Å². The van der Waals surface area contributed by atoms with Gasteiger partial charge in [0.2, 0.25) is 5.88 Å². The Bertz CT molecular complexity index is 1410. The lowest BCUT2D eigenvalue weighted by Crippen LogP contribution is -2.04. The molecule has 0 bridgehead atoms. The Kier molecular flexibility index (Phi) is 7.28. The maximum atomic E-state index is 12.8. The van der Waals surface area contributed by atoms with Gasteiger partial charge < -0.3 is 9.47 Å². The molecule has 2 heterocycles. The smallest absolute Gasteiger partial charge is 0.387 e. The van der Waals surface area contributed by atoms with Gasteiger partial charge in [-0.2, -0.15) is 8.78 Å². The molecule has 9 heteroatoms. The van der Waals surface area contributed by atoms with Crippen LogP contribution in [0.1, 0.15) is 15.9 Å². The number of hydrogen-bond donors (Lipinski definition) is 0. The van der Waals surface area contributed by atoms with E-state index in [1.165, 1.54) is 18.3 Å². The van der Waals surface area contributed by atoms with Gasteiger partial charge in [0.05, 0.1) is 34.1 Å². The second-order valence-electron chi connectivity index (χ2n) is 7.46. The number of aldehydes is 1. The lowest BCUT2D eigenvalue weighted by molar-refractivity contribution is -0.0500. The third kappa shape index (κ3) is 4.97. The van der Waals surface area contributed by atoms with Crippen LogP contribution in [0.3, 0.4) is 0 Å². The van der Waals surface area contributed by atoms with Crippen LogP contribution < -0.4 is 9.47 Å². The summed E-state index contributed by atoms with van der Waals surface area (Å²) in [5.41, 5.74) is 4.11. The summed E-state index contributed by atoms with van der Waals surface area (Å²) in [5, 5.41) is 0.672. The molecule has 0 aliphatic heterocycles. The highest BCUT2D eigenvalue weighted by molar-refractivity contribution is 6.39. The van der Waals surface area contributed by atoms with Crippen LogP contribution in [0, 0.1) is 6.92 Å². The Morgan fingerprint density at radius 2 is 1.71 bits per heavy atom. The third-order valence-electron chi connectivity index (χ3n) is 5.33. The predicted molar refractivity (Wildman–Crippen MR) is 132 cm³/mol. The average molecular weight is 515 g/mol. The molecule has 0 aliphatic rings. The molecule has 0 radical (unpaired) electrons. The van der Waals surface area contributed by atoms with E-state index in [9.17, 15) is 13.6 Å². The predicted octanol–water partition coefficient (Wildman–Crippen LogP) is 7.52. The molecule has 0 aliphatic carbocycles. The number of carbonyl (C=O) groups is 1. The third-order valence-corrected chi connectivity index (χ3v) is 6.12. The van der Waals surface area contributed by atoms with E-state index in [2.05, 4.69) is 14.7 Å². The minimum atomic E-state index is -3.09. The number of halogens is 4. The molecule has 5 nitrogen and oxygen atoms in total. The molecule has 0 unspecified atom stereocenters. The second kappa shape index (κ2) is 10.4. The number of hydrogen-bond acceptors (Lipinski definition) is 5. The van der Waals surface area contributed by atoms with Crippen molar-refractivity contribution in [1.29, 1.82) is 0 Å².